The lowest BCUT2D eigenvalue weighted by atomic mass is 9.99. The molecule has 0 bridgehead atoms. The summed E-state index contributed by atoms with van der Waals surface area (Å²) in [6.45, 7) is 0.842. The van der Waals surface area contributed by atoms with Crippen LogP contribution in [0, 0.1) is 0 Å². The largest absolute Gasteiger partial charge is 0.399 e. The van der Waals surface area contributed by atoms with Gasteiger partial charge in [-0.2, -0.15) is 11.8 Å². The Morgan fingerprint density at radius 2 is 2.00 bits per heavy atom. The van der Waals surface area contributed by atoms with E-state index in [0.717, 1.165) is 12.2 Å². The Kier molecular flexibility index (Phi) is 2.92. The average molecular weight is 256 g/mol. The number of anilines is 2. The van der Waals surface area contributed by atoms with Gasteiger partial charge in [0, 0.05) is 17.9 Å². The fraction of sp³-hybridized carbons (Fsp3) is 0.200. The maximum Gasteiger partial charge on any atom is 0.0567 e. The van der Waals surface area contributed by atoms with Gasteiger partial charge in [0.25, 0.3) is 0 Å². The zero-order valence-electron chi connectivity index (χ0n) is 10.3. The highest BCUT2D eigenvalue weighted by molar-refractivity contribution is 7.99. The zero-order valence-corrected chi connectivity index (χ0v) is 11.1. The maximum absolute atomic E-state index is 5.89. The van der Waals surface area contributed by atoms with Crippen molar-refractivity contribution in [2.24, 2.45) is 0 Å². The first-order valence-corrected chi connectivity index (χ1v) is 7.32. The van der Waals surface area contributed by atoms with Gasteiger partial charge < -0.3 is 11.1 Å². The van der Waals surface area contributed by atoms with Crippen LogP contribution in [0.5, 0.6) is 0 Å². The van der Waals surface area contributed by atoms with E-state index in [9.17, 15) is 0 Å². The number of para-hydroxylation sites is 1. The fourth-order valence-corrected chi connectivity index (χ4v) is 3.48. The lowest BCUT2D eigenvalue weighted by molar-refractivity contribution is 1.11. The molecule has 3 heteroatoms. The van der Waals surface area contributed by atoms with Crippen molar-refractivity contribution >= 4 is 23.1 Å². The van der Waals surface area contributed by atoms with E-state index in [4.69, 9.17) is 5.73 Å². The first-order chi connectivity index (χ1) is 8.79. The van der Waals surface area contributed by atoms with E-state index in [-0.39, 0.29) is 0 Å². The highest BCUT2D eigenvalue weighted by Crippen LogP contribution is 2.42. The third-order valence-electron chi connectivity index (χ3n) is 3.40. The second kappa shape index (κ2) is 4.58. The van der Waals surface area contributed by atoms with E-state index in [2.05, 4.69) is 48.0 Å². The highest BCUT2D eigenvalue weighted by Gasteiger charge is 2.22. The van der Waals surface area contributed by atoms with Crippen molar-refractivity contribution in [1.29, 1.82) is 0 Å². The van der Waals surface area contributed by atoms with Gasteiger partial charge in [0.05, 0.1) is 5.25 Å². The van der Waals surface area contributed by atoms with E-state index in [0.29, 0.717) is 5.25 Å². The first kappa shape index (κ1) is 11.5. The molecule has 2 aromatic carbocycles. The molecule has 1 aliphatic rings. The predicted molar refractivity (Wildman–Crippen MR) is 80.0 cm³/mol. The van der Waals surface area contributed by atoms with Crippen LogP contribution in [0.25, 0.3) is 0 Å². The van der Waals surface area contributed by atoms with Crippen LogP contribution in [0.4, 0.5) is 11.4 Å². The van der Waals surface area contributed by atoms with Gasteiger partial charge in [0.1, 0.15) is 0 Å². The topological polar surface area (TPSA) is 38.0 Å². The fourth-order valence-electron chi connectivity index (χ4n) is 2.53. The number of benzene rings is 2. The van der Waals surface area contributed by atoms with Crippen LogP contribution in [0.15, 0.2) is 42.5 Å². The van der Waals surface area contributed by atoms with Crippen molar-refractivity contribution < 1.29 is 0 Å². The molecule has 3 N–H and O–H groups in total. The summed E-state index contributed by atoms with van der Waals surface area (Å²) in [5.41, 5.74) is 12.0. The van der Waals surface area contributed by atoms with Gasteiger partial charge in [-0.1, -0.05) is 24.3 Å². The summed E-state index contributed by atoms with van der Waals surface area (Å²) in [5, 5.41) is 3.89. The van der Waals surface area contributed by atoms with Gasteiger partial charge in [0.2, 0.25) is 0 Å². The molecule has 2 nitrogen and oxygen atoms in total. The number of fused-ring (bicyclic) bond motifs is 2. The molecule has 0 aliphatic carbocycles. The van der Waals surface area contributed by atoms with Crippen LogP contribution in [0.1, 0.15) is 21.9 Å². The highest BCUT2D eigenvalue weighted by atomic mass is 32.2. The molecule has 0 aromatic heterocycles. The lowest BCUT2D eigenvalue weighted by Crippen LogP contribution is -2.00. The first-order valence-electron chi connectivity index (χ1n) is 6.03. The summed E-state index contributed by atoms with van der Waals surface area (Å²) < 4.78 is 0. The van der Waals surface area contributed by atoms with E-state index >= 15 is 0 Å². The van der Waals surface area contributed by atoms with E-state index in [1.54, 1.807) is 0 Å². The Labute approximate surface area is 112 Å². The molecule has 2 aromatic rings. The van der Waals surface area contributed by atoms with Crippen molar-refractivity contribution in [3.63, 3.8) is 0 Å². The second-order valence-corrected chi connectivity index (χ2v) is 5.46. The summed E-state index contributed by atoms with van der Waals surface area (Å²) in [5.74, 6) is 0. The number of hydrogen-bond donors (Lipinski definition) is 2. The number of nitrogens with one attached hydrogen (secondary N) is 1. The van der Waals surface area contributed by atoms with E-state index in [1.807, 2.05) is 17.8 Å². The van der Waals surface area contributed by atoms with Crippen LogP contribution >= 0.6 is 11.8 Å². The summed E-state index contributed by atoms with van der Waals surface area (Å²) in [7, 11) is 0. The van der Waals surface area contributed by atoms with Crippen LogP contribution < -0.4 is 11.1 Å². The van der Waals surface area contributed by atoms with Crippen molar-refractivity contribution in [1.82, 2.24) is 0 Å². The molecule has 0 radical (unpaired) electrons. The molecule has 3 rings (SSSR count). The zero-order chi connectivity index (χ0) is 12.5. The summed E-state index contributed by atoms with van der Waals surface area (Å²) in [6.07, 6.45) is 2.16. The van der Waals surface area contributed by atoms with Gasteiger partial charge in [-0.25, -0.2) is 0 Å². The van der Waals surface area contributed by atoms with Gasteiger partial charge >= 0.3 is 0 Å². The van der Waals surface area contributed by atoms with Crippen molar-refractivity contribution in [2.75, 3.05) is 17.3 Å². The molecule has 1 atom stereocenters. The van der Waals surface area contributed by atoms with Crippen molar-refractivity contribution in [3.05, 3.63) is 59.2 Å². The maximum atomic E-state index is 5.89. The smallest absolute Gasteiger partial charge is 0.0567 e. The predicted octanol–water partition coefficient (Wildman–Crippen LogP) is 3.65. The van der Waals surface area contributed by atoms with Crippen LogP contribution in [-0.2, 0) is 6.54 Å². The lowest BCUT2D eigenvalue weighted by Gasteiger charge is -2.17. The standard InChI is InChI=1S/C15H16N2S/c1-18-15-12-7-6-11(16)8-10(12)9-17-14-5-3-2-4-13(14)15/h2-8,15,17H,9,16H2,1H3. The molecular weight excluding hydrogens is 240 g/mol. The number of nitrogen functional groups attached to an aromatic ring is 1. The third-order valence-corrected chi connectivity index (χ3v) is 4.38. The van der Waals surface area contributed by atoms with Gasteiger partial charge in [0.15, 0.2) is 0 Å². The molecule has 92 valence electrons. The minimum atomic E-state index is 0.381. The Morgan fingerprint density at radius 1 is 1.17 bits per heavy atom. The molecule has 0 fully saturated rings. The summed E-state index contributed by atoms with van der Waals surface area (Å²) in [6, 6.07) is 14.8. The number of rotatable bonds is 1. The molecule has 0 saturated carbocycles. The quantitative estimate of drug-likeness (QED) is 0.765. The average Bonchev–Trinajstić information content (AvgIpc) is 2.55. The Balaban J connectivity index is 2.18. The SMILES string of the molecule is CSC1c2ccc(N)cc2CNc2ccccc21. The van der Waals surface area contributed by atoms with Crippen molar-refractivity contribution in [3.8, 4) is 0 Å². The molecule has 0 spiro atoms. The summed E-state index contributed by atoms with van der Waals surface area (Å²) >= 11 is 1.87. The monoisotopic (exact) mass is 256 g/mol. The second-order valence-electron chi connectivity index (χ2n) is 4.51. The minimum absolute atomic E-state index is 0.381. The number of hydrogen-bond acceptors (Lipinski definition) is 3. The summed E-state index contributed by atoms with van der Waals surface area (Å²) in [4.78, 5) is 0. The molecule has 1 heterocycles. The van der Waals surface area contributed by atoms with E-state index < -0.39 is 0 Å². The van der Waals surface area contributed by atoms with Crippen LogP contribution in [0.2, 0.25) is 0 Å². The van der Waals surface area contributed by atoms with Gasteiger partial charge in [-0.05, 0) is 41.1 Å². The van der Waals surface area contributed by atoms with Crippen LogP contribution in [0.3, 0.4) is 0 Å². The number of nitrogens with two attached hydrogens (primary N) is 1. The van der Waals surface area contributed by atoms with Gasteiger partial charge in [-0.15, -0.1) is 0 Å². The molecular formula is C15H16N2S. The number of thioether (sulfide) groups is 1. The van der Waals surface area contributed by atoms with Gasteiger partial charge in [-0.3, -0.25) is 0 Å². The van der Waals surface area contributed by atoms with Crippen LogP contribution in [-0.4, -0.2) is 6.26 Å². The molecule has 18 heavy (non-hydrogen) atoms. The normalized spacial score (nSPS) is 17.3. The third kappa shape index (κ3) is 1.85. The molecule has 1 unspecified atom stereocenters. The van der Waals surface area contributed by atoms with E-state index in [1.165, 1.54) is 22.4 Å². The molecule has 1 aliphatic heterocycles. The Hall–Kier alpha value is -1.61. The van der Waals surface area contributed by atoms with Crippen molar-refractivity contribution in [2.45, 2.75) is 11.8 Å². The minimum Gasteiger partial charge on any atom is -0.399 e. The Morgan fingerprint density at radius 3 is 2.83 bits per heavy atom. The Bertz CT molecular complexity index is 580. The molecule has 0 amide bonds. The molecule has 0 saturated heterocycles.